The second-order valence-corrected chi connectivity index (χ2v) is 10.1. The maximum Gasteiger partial charge on any atom is 0.338 e. The van der Waals surface area contributed by atoms with Crippen LogP contribution in [0.4, 0.5) is 0 Å². The summed E-state index contributed by atoms with van der Waals surface area (Å²) in [5, 5.41) is 0. The summed E-state index contributed by atoms with van der Waals surface area (Å²) in [4.78, 5) is 32.0. The highest BCUT2D eigenvalue weighted by Crippen LogP contribution is 2.31. The fourth-order valence-electron chi connectivity index (χ4n) is 4.63. The van der Waals surface area contributed by atoms with Crippen LogP contribution in [0.25, 0.3) is 6.08 Å². The summed E-state index contributed by atoms with van der Waals surface area (Å²) in [5.41, 5.74) is 3.34. The number of fused-ring (bicyclic) bond motifs is 1. The van der Waals surface area contributed by atoms with E-state index in [9.17, 15) is 9.59 Å². The molecule has 0 bridgehead atoms. The number of aromatic nitrogens is 1. The Hall–Kier alpha value is -4.43. The number of thiazole rings is 1. The Labute approximate surface area is 236 Å². The van der Waals surface area contributed by atoms with Crippen LogP contribution >= 0.6 is 11.3 Å². The maximum atomic E-state index is 13.8. The largest absolute Gasteiger partial charge is 0.490 e. The first-order valence-corrected chi connectivity index (χ1v) is 14.0. The van der Waals surface area contributed by atoms with Crippen LogP contribution in [0.15, 0.2) is 99.9 Å². The Balaban J connectivity index is 1.55. The molecule has 1 aliphatic rings. The molecule has 0 fully saturated rings. The second-order valence-electron chi connectivity index (χ2n) is 9.13. The Morgan fingerprint density at radius 1 is 0.950 bits per heavy atom. The van der Waals surface area contributed by atoms with E-state index in [0.717, 1.165) is 16.7 Å². The molecular formula is C32H30N2O5S. The highest BCUT2D eigenvalue weighted by Gasteiger charge is 2.33. The van der Waals surface area contributed by atoms with Gasteiger partial charge in [0.1, 0.15) is 6.61 Å². The van der Waals surface area contributed by atoms with Gasteiger partial charge < -0.3 is 14.2 Å². The predicted molar refractivity (Wildman–Crippen MR) is 155 cm³/mol. The van der Waals surface area contributed by atoms with Crippen molar-refractivity contribution in [2.24, 2.45) is 4.99 Å². The number of carbonyl (C=O) groups excluding carboxylic acids is 1. The Morgan fingerprint density at radius 2 is 1.68 bits per heavy atom. The molecule has 0 saturated carbocycles. The standard InChI is InChI=1S/C32H30N2O5S/c1-4-37-26-18-23(16-17-25(26)39-20-22-12-8-6-9-13-22)19-27-30(35)34-29(24-14-10-7-11-15-24)28(31(36)38-5-2)21(3)33-32(34)40-27/h6-19,29H,4-5,20H2,1-3H3/b27-19-/t29-/m0/s1. The summed E-state index contributed by atoms with van der Waals surface area (Å²) >= 11 is 1.29. The minimum absolute atomic E-state index is 0.228. The van der Waals surface area contributed by atoms with Crippen LogP contribution in [0.3, 0.4) is 0 Å². The molecule has 0 unspecified atom stereocenters. The molecule has 5 rings (SSSR count). The molecule has 0 saturated heterocycles. The van der Waals surface area contributed by atoms with Crippen LogP contribution in [-0.4, -0.2) is 23.8 Å². The highest BCUT2D eigenvalue weighted by molar-refractivity contribution is 7.07. The first-order chi connectivity index (χ1) is 19.5. The van der Waals surface area contributed by atoms with Crippen molar-refractivity contribution in [3.63, 3.8) is 0 Å². The van der Waals surface area contributed by atoms with Gasteiger partial charge >= 0.3 is 5.97 Å². The molecule has 0 aliphatic carbocycles. The monoisotopic (exact) mass is 554 g/mol. The van der Waals surface area contributed by atoms with Crippen molar-refractivity contribution in [1.29, 1.82) is 0 Å². The molecule has 1 atom stereocenters. The summed E-state index contributed by atoms with van der Waals surface area (Å²) in [5.74, 6) is 0.755. The topological polar surface area (TPSA) is 79.1 Å². The molecule has 204 valence electrons. The lowest BCUT2D eigenvalue weighted by molar-refractivity contribution is -0.139. The molecule has 7 nitrogen and oxygen atoms in total. The third-order valence-electron chi connectivity index (χ3n) is 6.43. The van der Waals surface area contributed by atoms with Crippen molar-refractivity contribution >= 4 is 23.4 Å². The SMILES string of the molecule is CCOC(=O)C1=C(C)N=c2s/c(=C\c3ccc(OCc4ccccc4)c(OCC)c3)c(=O)n2[C@H]1c1ccccc1. The number of nitrogens with zero attached hydrogens (tertiary/aromatic N) is 2. The van der Waals surface area contributed by atoms with Crippen LogP contribution < -0.4 is 24.4 Å². The summed E-state index contributed by atoms with van der Waals surface area (Å²) in [7, 11) is 0. The molecule has 1 aliphatic heterocycles. The van der Waals surface area contributed by atoms with E-state index in [4.69, 9.17) is 14.2 Å². The molecule has 0 radical (unpaired) electrons. The van der Waals surface area contributed by atoms with Crippen molar-refractivity contribution in [2.75, 3.05) is 13.2 Å². The third-order valence-corrected chi connectivity index (χ3v) is 7.42. The van der Waals surface area contributed by atoms with Crippen molar-refractivity contribution in [1.82, 2.24) is 4.57 Å². The van der Waals surface area contributed by atoms with Crippen LogP contribution in [0.1, 0.15) is 43.5 Å². The average Bonchev–Trinajstić information content (AvgIpc) is 3.27. The van der Waals surface area contributed by atoms with E-state index in [0.29, 0.717) is 45.3 Å². The minimum atomic E-state index is -0.633. The summed E-state index contributed by atoms with van der Waals surface area (Å²) in [6.07, 6.45) is 1.82. The number of hydrogen-bond donors (Lipinski definition) is 0. The van der Waals surface area contributed by atoms with Gasteiger partial charge in [0.2, 0.25) is 0 Å². The molecule has 1 aromatic heterocycles. The second kappa shape index (κ2) is 12.2. The first kappa shape index (κ1) is 27.1. The molecular weight excluding hydrogens is 524 g/mol. The van der Waals surface area contributed by atoms with Gasteiger partial charge in [-0.2, -0.15) is 0 Å². The zero-order chi connectivity index (χ0) is 28.1. The van der Waals surface area contributed by atoms with Crippen LogP contribution in [-0.2, 0) is 16.1 Å². The summed E-state index contributed by atoms with van der Waals surface area (Å²) < 4.78 is 19.3. The average molecular weight is 555 g/mol. The van der Waals surface area contributed by atoms with Gasteiger partial charge in [-0.25, -0.2) is 9.79 Å². The number of ether oxygens (including phenoxy) is 3. The lowest BCUT2D eigenvalue weighted by Gasteiger charge is -2.24. The van der Waals surface area contributed by atoms with Crippen molar-refractivity contribution in [3.8, 4) is 11.5 Å². The Kier molecular flexibility index (Phi) is 8.26. The van der Waals surface area contributed by atoms with Gasteiger partial charge in [-0.1, -0.05) is 78.1 Å². The smallest absolute Gasteiger partial charge is 0.338 e. The van der Waals surface area contributed by atoms with E-state index in [1.165, 1.54) is 11.3 Å². The molecule has 40 heavy (non-hydrogen) atoms. The molecule has 4 aromatic rings. The molecule has 2 heterocycles. The van der Waals surface area contributed by atoms with Gasteiger partial charge in [-0.05, 0) is 55.7 Å². The number of esters is 1. The number of carbonyl (C=O) groups is 1. The van der Waals surface area contributed by atoms with E-state index in [-0.39, 0.29) is 12.2 Å². The van der Waals surface area contributed by atoms with Crippen LogP contribution in [0.5, 0.6) is 11.5 Å². The van der Waals surface area contributed by atoms with Gasteiger partial charge in [0.05, 0.1) is 35.1 Å². The maximum absolute atomic E-state index is 13.8. The van der Waals surface area contributed by atoms with Gasteiger partial charge in [-0.15, -0.1) is 0 Å². The zero-order valence-corrected chi connectivity index (χ0v) is 23.4. The molecule has 0 N–H and O–H groups in total. The van der Waals surface area contributed by atoms with Crippen molar-refractivity contribution in [3.05, 3.63) is 127 Å². The minimum Gasteiger partial charge on any atom is -0.490 e. The molecule has 0 spiro atoms. The van der Waals surface area contributed by atoms with Crippen LogP contribution in [0, 0.1) is 0 Å². The van der Waals surface area contributed by atoms with E-state index in [2.05, 4.69) is 4.99 Å². The number of rotatable bonds is 9. The molecule has 3 aromatic carbocycles. The lowest BCUT2D eigenvalue weighted by atomic mass is 9.96. The quantitative estimate of drug-likeness (QED) is 0.279. The fourth-order valence-corrected chi connectivity index (χ4v) is 5.68. The van der Waals surface area contributed by atoms with E-state index < -0.39 is 12.0 Å². The predicted octanol–water partition coefficient (Wildman–Crippen LogP) is 4.78. The van der Waals surface area contributed by atoms with Gasteiger partial charge in [0, 0.05) is 0 Å². The van der Waals surface area contributed by atoms with E-state index in [1.807, 2.05) is 91.9 Å². The fraction of sp³-hybridized carbons (Fsp3) is 0.219. The van der Waals surface area contributed by atoms with Crippen molar-refractivity contribution in [2.45, 2.75) is 33.4 Å². The van der Waals surface area contributed by atoms with Gasteiger partial charge in [0.15, 0.2) is 16.3 Å². The van der Waals surface area contributed by atoms with Crippen molar-refractivity contribution < 1.29 is 19.0 Å². The van der Waals surface area contributed by atoms with Crippen LogP contribution in [0.2, 0.25) is 0 Å². The molecule has 8 heteroatoms. The highest BCUT2D eigenvalue weighted by atomic mass is 32.1. The summed E-state index contributed by atoms with van der Waals surface area (Å²) in [6, 6.07) is 24.4. The summed E-state index contributed by atoms with van der Waals surface area (Å²) in [6.45, 7) is 6.57. The van der Waals surface area contributed by atoms with Gasteiger partial charge in [0.25, 0.3) is 5.56 Å². The van der Waals surface area contributed by atoms with E-state index in [1.54, 1.807) is 18.4 Å². The zero-order valence-electron chi connectivity index (χ0n) is 22.6. The third kappa shape index (κ3) is 5.62. The normalized spacial score (nSPS) is 14.9. The number of hydrogen-bond acceptors (Lipinski definition) is 7. The number of benzene rings is 3. The van der Waals surface area contributed by atoms with Gasteiger partial charge in [-0.3, -0.25) is 9.36 Å². The first-order valence-electron chi connectivity index (χ1n) is 13.2. The Morgan fingerprint density at radius 3 is 2.38 bits per heavy atom. The lowest BCUT2D eigenvalue weighted by Crippen LogP contribution is -2.39. The number of allylic oxidation sites excluding steroid dienone is 1. The Bertz CT molecular complexity index is 1720. The molecule has 0 amide bonds. The van der Waals surface area contributed by atoms with E-state index >= 15 is 0 Å².